The zero-order chi connectivity index (χ0) is 25.6. The van der Waals surface area contributed by atoms with Crippen molar-refractivity contribution < 1.29 is 14.3 Å². The van der Waals surface area contributed by atoms with Crippen LogP contribution < -0.4 is 14.8 Å². The van der Waals surface area contributed by atoms with E-state index in [4.69, 9.17) is 9.47 Å². The van der Waals surface area contributed by atoms with Crippen LogP contribution in [0.1, 0.15) is 10.4 Å². The number of carbonyl (C=O) groups is 1. The van der Waals surface area contributed by atoms with Crippen LogP contribution in [0.3, 0.4) is 0 Å². The van der Waals surface area contributed by atoms with Gasteiger partial charge in [0.15, 0.2) is 5.82 Å². The molecule has 1 fully saturated rings. The summed E-state index contributed by atoms with van der Waals surface area (Å²) in [6.07, 6.45) is 0. The summed E-state index contributed by atoms with van der Waals surface area (Å²) in [5.41, 5.74) is 2.18. The van der Waals surface area contributed by atoms with Crippen LogP contribution in [0.5, 0.6) is 17.5 Å². The van der Waals surface area contributed by atoms with Gasteiger partial charge in [0.05, 0.1) is 7.11 Å². The van der Waals surface area contributed by atoms with Crippen molar-refractivity contribution in [3.63, 3.8) is 0 Å². The number of anilines is 2. The van der Waals surface area contributed by atoms with Gasteiger partial charge in [-0.05, 0) is 55.6 Å². The maximum absolute atomic E-state index is 12.9. The Bertz CT molecular complexity index is 1340. The first-order valence-corrected chi connectivity index (χ1v) is 12.1. The third-order valence-corrected chi connectivity index (χ3v) is 6.07. The average molecular weight is 497 g/mol. The lowest BCUT2D eigenvalue weighted by atomic mass is 10.1. The van der Waals surface area contributed by atoms with Crippen molar-refractivity contribution in [2.24, 2.45) is 0 Å². The molecule has 0 saturated carbocycles. The molecule has 0 atom stereocenters. The van der Waals surface area contributed by atoms with Crippen molar-refractivity contribution >= 4 is 17.5 Å². The molecular formula is C28H28N6O3. The van der Waals surface area contributed by atoms with E-state index in [1.54, 1.807) is 0 Å². The first kappa shape index (κ1) is 24.2. The Morgan fingerprint density at radius 3 is 2.16 bits per heavy atom. The predicted octanol–water partition coefficient (Wildman–Crippen LogP) is 4.47. The van der Waals surface area contributed by atoms with Crippen molar-refractivity contribution in [3.05, 3.63) is 84.4 Å². The number of nitrogens with zero attached hydrogens (tertiary/aromatic N) is 5. The van der Waals surface area contributed by atoms with Crippen molar-refractivity contribution in [2.45, 2.75) is 0 Å². The summed E-state index contributed by atoms with van der Waals surface area (Å²) in [5.74, 6) is 2.31. The summed E-state index contributed by atoms with van der Waals surface area (Å²) in [7, 11) is 3.58. The highest BCUT2D eigenvalue weighted by Crippen LogP contribution is 2.25. The zero-order valence-electron chi connectivity index (χ0n) is 20.8. The van der Waals surface area contributed by atoms with Gasteiger partial charge < -0.3 is 24.6 Å². The third-order valence-electron chi connectivity index (χ3n) is 6.07. The molecule has 1 aromatic heterocycles. The van der Waals surface area contributed by atoms with E-state index < -0.39 is 0 Å². The quantitative estimate of drug-likeness (QED) is 0.401. The molecule has 1 aliphatic rings. The molecule has 5 rings (SSSR count). The van der Waals surface area contributed by atoms with Gasteiger partial charge in [0, 0.05) is 43.0 Å². The lowest BCUT2D eigenvalue weighted by Gasteiger charge is -2.32. The minimum atomic E-state index is 0.0370. The molecule has 2 heterocycles. The number of nitrogens with one attached hydrogen (secondary N) is 1. The summed E-state index contributed by atoms with van der Waals surface area (Å²) >= 11 is 0. The van der Waals surface area contributed by atoms with E-state index in [-0.39, 0.29) is 11.9 Å². The molecule has 0 unspecified atom stereocenters. The molecular weight excluding hydrogens is 468 g/mol. The highest BCUT2D eigenvalue weighted by atomic mass is 16.5. The minimum Gasteiger partial charge on any atom is -0.467 e. The normalized spacial score (nSPS) is 13.7. The topological polar surface area (TPSA) is 92.7 Å². The van der Waals surface area contributed by atoms with Crippen LogP contribution in [0.4, 0.5) is 11.6 Å². The summed E-state index contributed by atoms with van der Waals surface area (Å²) in [6.45, 7) is 3.23. The number of para-hydroxylation sites is 1. The molecule has 0 bridgehead atoms. The Morgan fingerprint density at radius 1 is 0.811 bits per heavy atom. The third kappa shape index (κ3) is 6.02. The Kier molecular flexibility index (Phi) is 7.23. The summed E-state index contributed by atoms with van der Waals surface area (Å²) in [6, 6.07) is 24.6. The minimum absolute atomic E-state index is 0.0370. The highest BCUT2D eigenvalue weighted by Gasteiger charge is 2.20. The van der Waals surface area contributed by atoms with Gasteiger partial charge in [-0.25, -0.2) is 0 Å². The van der Waals surface area contributed by atoms with E-state index in [0.717, 1.165) is 48.9 Å². The molecule has 0 radical (unpaired) electrons. The molecule has 188 valence electrons. The van der Waals surface area contributed by atoms with Crippen LogP contribution in [0.2, 0.25) is 0 Å². The Hall–Kier alpha value is -4.50. The lowest BCUT2D eigenvalue weighted by molar-refractivity contribution is 0.0664. The monoisotopic (exact) mass is 496 g/mol. The molecule has 1 N–H and O–H groups in total. The number of benzene rings is 3. The van der Waals surface area contributed by atoms with Crippen molar-refractivity contribution in [1.29, 1.82) is 0 Å². The number of likely N-dealkylation sites (N-methyl/N-ethyl adjacent to an activating group) is 1. The number of amides is 1. The molecule has 9 heteroatoms. The predicted molar refractivity (Wildman–Crippen MR) is 141 cm³/mol. The molecule has 1 aliphatic heterocycles. The molecule has 0 aliphatic carbocycles. The summed E-state index contributed by atoms with van der Waals surface area (Å²) in [5, 5.41) is 3.19. The first-order chi connectivity index (χ1) is 18.1. The second-order valence-electron chi connectivity index (χ2n) is 8.71. The fourth-order valence-corrected chi connectivity index (χ4v) is 3.95. The largest absolute Gasteiger partial charge is 0.467 e. The first-order valence-electron chi connectivity index (χ1n) is 12.1. The van der Waals surface area contributed by atoms with Crippen molar-refractivity contribution in [3.8, 4) is 28.9 Å². The standard InChI is InChI=1S/C28H28N6O3/c1-33-16-18-34(19-17-33)26(35)21-10-8-20(9-11-21)25-30-27(32-28(31-25)36-2)29-22-12-14-24(15-13-22)37-23-6-4-3-5-7-23/h3-15H,16-19H2,1-2H3,(H,29,30,31,32). The van der Waals surface area contributed by atoms with E-state index >= 15 is 0 Å². The van der Waals surface area contributed by atoms with Gasteiger partial charge in [0.2, 0.25) is 5.95 Å². The van der Waals surface area contributed by atoms with Gasteiger partial charge in [-0.3, -0.25) is 4.79 Å². The van der Waals surface area contributed by atoms with Gasteiger partial charge in [-0.1, -0.05) is 30.3 Å². The maximum atomic E-state index is 12.9. The fraction of sp³-hybridized carbons (Fsp3) is 0.214. The summed E-state index contributed by atoms with van der Waals surface area (Å²) in [4.78, 5) is 30.3. The van der Waals surface area contributed by atoms with E-state index in [0.29, 0.717) is 17.3 Å². The van der Waals surface area contributed by atoms with E-state index in [1.165, 1.54) is 7.11 Å². The van der Waals surface area contributed by atoms with Crippen LogP contribution in [0.25, 0.3) is 11.4 Å². The number of aromatic nitrogens is 3. The van der Waals surface area contributed by atoms with Crippen LogP contribution in [-0.4, -0.2) is 71.0 Å². The van der Waals surface area contributed by atoms with Gasteiger partial charge in [0.25, 0.3) is 5.91 Å². The molecule has 1 amide bonds. The second kappa shape index (κ2) is 11.0. The van der Waals surface area contributed by atoms with Crippen LogP contribution in [-0.2, 0) is 0 Å². The molecule has 37 heavy (non-hydrogen) atoms. The van der Waals surface area contributed by atoms with Gasteiger partial charge in [0.1, 0.15) is 11.5 Å². The number of ether oxygens (including phenoxy) is 2. The van der Waals surface area contributed by atoms with Gasteiger partial charge in [-0.15, -0.1) is 0 Å². The molecule has 0 spiro atoms. The smallest absolute Gasteiger partial charge is 0.321 e. The van der Waals surface area contributed by atoms with E-state index in [2.05, 4.69) is 32.2 Å². The Morgan fingerprint density at radius 2 is 1.49 bits per heavy atom. The summed E-state index contributed by atoms with van der Waals surface area (Å²) < 4.78 is 11.2. The average Bonchev–Trinajstić information content (AvgIpc) is 2.94. The van der Waals surface area contributed by atoms with Gasteiger partial charge >= 0.3 is 6.01 Å². The van der Waals surface area contributed by atoms with Crippen LogP contribution in [0, 0.1) is 0 Å². The number of carbonyl (C=O) groups excluding carboxylic acids is 1. The fourth-order valence-electron chi connectivity index (χ4n) is 3.95. The highest BCUT2D eigenvalue weighted by molar-refractivity contribution is 5.94. The van der Waals surface area contributed by atoms with Gasteiger partial charge in [-0.2, -0.15) is 15.0 Å². The van der Waals surface area contributed by atoms with Crippen molar-refractivity contribution in [1.82, 2.24) is 24.8 Å². The van der Waals surface area contributed by atoms with Crippen LogP contribution in [0.15, 0.2) is 78.9 Å². The number of hydrogen-bond acceptors (Lipinski definition) is 8. The number of piperazine rings is 1. The SMILES string of the molecule is COc1nc(Nc2ccc(Oc3ccccc3)cc2)nc(-c2ccc(C(=O)N3CCN(C)CC3)cc2)n1. The van der Waals surface area contributed by atoms with Crippen LogP contribution >= 0.6 is 0 Å². The Balaban J connectivity index is 1.30. The van der Waals surface area contributed by atoms with E-state index in [9.17, 15) is 4.79 Å². The van der Waals surface area contributed by atoms with E-state index in [1.807, 2.05) is 83.8 Å². The zero-order valence-corrected chi connectivity index (χ0v) is 20.8. The molecule has 4 aromatic rings. The Labute approximate surface area is 215 Å². The molecule has 3 aromatic carbocycles. The molecule has 9 nitrogen and oxygen atoms in total. The second-order valence-corrected chi connectivity index (χ2v) is 8.71. The number of methoxy groups -OCH3 is 1. The lowest BCUT2D eigenvalue weighted by Crippen LogP contribution is -2.47. The molecule has 1 saturated heterocycles. The number of hydrogen-bond donors (Lipinski definition) is 1. The number of rotatable bonds is 7. The van der Waals surface area contributed by atoms with Crippen molar-refractivity contribution in [2.75, 3.05) is 45.7 Å². The maximum Gasteiger partial charge on any atom is 0.321 e.